The smallest absolute Gasteiger partial charge is 0.133 e. The molecule has 0 spiro atoms. The van der Waals surface area contributed by atoms with Gasteiger partial charge in [0.15, 0.2) is 0 Å². The van der Waals surface area contributed by atoms with Crippen molar-refractivity contribution >= 4 is 11.0 Å². The Bertz CT molecular complexity index is 351. The lowest BCUT2D eigenvalue weighted by Crippen LogP contribution is -1.57. The van der Waals surface area contributed by atoms with E-state index < -0.39 is 0 Å². The van der Waals surface area contributed by atoms with Crippen molar-refractivity contribution in [3.63, 3.8) is 0 Å². The summed E-state index contributed by atoms with van der Waals surface area (Å²) in [5.74, 6) is 0. The van der Waals surface area contributed by atoms with Gasteiger partial charge in [0.1, 0.15) is 5.58 Å². The molecule has 0 saturated heterocycles. The first-order chi connectivity index (χ1) is 4.86. The maximum absolute atomic E-state index is 7.27. The molecule has 1 heteroatoms. The summed E-state index contributed by atoms with van der Waals surface area (Å²) in [5.41, 5.74) is 0.844. The highest BCUT2D eigenvalue weighted by Crippen LogP contribution is 2.12. The number of furan rings is 1. The van der Waals surface area contributed by atoms with Gasteiger partial charge in [-0.15, -0.1) is 0 Å². The normalized spacial score (nSPS) is 11.8. The minimum absolute atomic E-state index is 0.522. The molecule has 0 bridgehead atoms. The molecular weight excluding hydrogens is 112 g/mol. The van der Waals surface area contributed by atoms with Crippen molar-refractivity contribution in [3.8, 4) is 0 Å². The summed E-state index contributed by atoms with van der Waals surface area (Å²) in [4.78, 5) is 0. The van der Waals surface area contributed by atoms with Gasteiger partial charge in [0.2, 0.25) is 0 Å². The highest BCUT2D eigenvalue weighted by atomic mass is 16.3. The Balaban J connectivity index is 2.86. The average Bonchev–Trinajstić information content (AvgIpc) is 2.33. The molecule has 1 aromatic carbocycles. The van der Waals surface area contributed by atoms with Gasteiger partial charge in [-0.3, -0.25) is 0 Å². The molecule has 0 aliphatic carbocycles. The van der Waals surface area contributed by atoms with Gasteiger partial charge in [0.25, 0.3) is 0 Å². The molecule has 0 unspecified atom stereocenters. The van der Waals surface area contributed by atoms with E-state index in [-0.39, 0.29) is 0 Å². The van der Waals surface area contributed by atoms with E-state index in [2.05, 4.69) is 0 Å². The average molecular weight is 120 g/mol. The minimum Gasteiger partial charge on any atom is -0.464 e. The van der Waals surface area contributed by atoms with Gasteiger partial charge in [-0.1, -0.05) is 18.2 Å². The Morgan fingerprint density at radius 3 is 3.33 bits per heavy atom. The van der Waals surface area contributed by atoms with E-state index in [1.807, 2.05) is 6.07 Å². The summed E-state index contributed by atoms with van der Waals surface area (Å²) in [6, 6.07) is 7.67. The molecule has 0 fully saturated rings. The fraction of sp³-hybridized carbons (Fsp3) is 0. The molecular formula is C8H6O. The number of benzene rings is 1. The summed E-state index contributed by atoms with van der Waals surface area (Å²) in [7, 11) is 0. The Labute approximate surface area is 54.3 Å². The molecule has 0 saturated carbocycles. The molecule has 2 aromatic rings. The Kier molecular flexibility index (Phi) is 0.671. The zero-order valence-electron chi connectivity index (χ0n) is 5.79. The van der Waals surface area contributed by atoms with Crippen LogP contribution < -0.4 is 0 Å². The van der Waals surface area contributed by atoms with E-state index in [1.165, 1.54) is 0 Å². The topological polar surface area (TPSA) is 13.1 Å². The lowest BCUT2D eigenvalue weighted by Gasteiger charge is -1.81. The van der Waals surface area contributed by atoms with Gasteiger partial charge in [0, 0.05) is 5.39 Å². The highest BCUT2D eigenvalue weighted by molar-refractivity contribution is 5.76. The van der Waals surface area contributed by atoms with Crippen LogP contribution in [0.3, 0.4) is 0 Å². The van der Waals surface area contributed by atoms with Crippen molar-refractivity contribution in [2.45, 2.75) is 0 Å². The van der Waals surface area contributed by atoms with Gasteiger partial charge in [-0.05, 0) is 12.1 Å². The maximum Gasteiger partial charge on any atom is 0.133 e. The molecule has 0 amide bonds. The summed E-state index contributed by atoms with van der Waals surface area (Å²) in [6.45, 7) is 0. The van der Waals surface area contributed by atoms with Crippen LogP contribution in [0.2, 0.25) is 0 Å². The van der Waals surface area contributed by atoms with Crippen molar-refractivity contribution in [1.29, 1.82) is 0 Å². The molecule has 1 heterocycles. The van der Waals surface area contributed by atoms with Crippen LogP contribution in [0, 0.1) is 0 Å². The summed E-state index contributed by atoms with van der Waals surface area (Å²) in [6.07, 6.45) is 1.63. The predicted molar refractivity (Wildman–Crippen MR) is 36.2 cm³/mol. The molecule has 0 aliphatic rings. The largest absolute Gasteiger partial charge is 0.464 e. The van der Waals surface area contributed by atoms with Crippen molar-refractivity contribution in [2.75, 3.05) is 0 Å². The number of para-hydroxylation sites is 1. The second-order valence-corrected chi connectivity index (χ2v) is 1.88. The number of rotatable bonds is 0. The lowest BCUT2D eigenvalue weighted by atomic mass is 10.3. The van der Waals surface area contributed by atoms with Crippen LogP contribution in [0.15, 0.2) is 41.0 Å². The number of hydrogen-bond donors (Lipinski definition) is 0. The highest BCUT2D eigenvalue weighted by Gasteiger charge is 1.89. The van der Waals surface area contributed by atoms with E-state index in [0.717, 1.165) is 11.0 Å². The van der Waals surface area contributed by atoms with Crippen LogP contribution in [0.4, 0.5) is 0 Å². The lowest BCUT2D eigenvalue weighted by molar-refractivity contribution is 0.616. The standard InChI is InChI=1S/C8H6O/c1-2-4-8-7(3-1)5-6-9-8/h1-6H/i1T. The minimum atomic E-state index is 0.522. The van der Waals surface area contributed by atoms with Crippen LogP contribution in [0.1, 0.15) is 1.37 Å². The van der Waals surface area contributed by atoms with Crippen molar-refractivity contribution in [2.24, 2.45) is 0 Å². The summed E-state index contributed by atoms with van der Waals surface area (Å²) >= 11 is 0. The Hall–Kier alpha value is -1.24. The predicted octanol–water partition coefficient (Wildman–Crippen LogP) is 2.43. The fourth-order valence-corrected chi connectivity index (χ4v) is 0.847. The zero-order chi connectivity index (χ0) is 6.97. The van der Waals surface area contributed by atoms with Crippen molar-refractivity contribution in [3.05, 3.63) is 36.6 Å². The third kappa shape index (κ3) is 0.617. The van der Waals surface area contributed by atoms with E-state index in [0.29, 0.717) is 6.04 Å². The first-order valence-electron chi connectivity index (χ1n) is 3.30. The van der Waals surface area contributed by atoms with E-state index in [9.17, 15) is 0 Å². The van der Waals surface area contributed by atoms with Gasteiger partial charge >= 0.3 is 0 Å². The van der Waals surface area contributed by atoms with Gasteiger partial charge < -0.3 is 4.42 Å². The van der Waals surface area contributed by atoms with Gasteiger partial charge in [0.05, 0.1) is 7.63 Å². The second-order valence-electron chi connectivity index (χ2n) is 1.88. The van der Waals surface area contributed by atoms with Gasteiger partial charge in [-0.25, -0.2) is 0 Å². The molecule has 0 atom stereocenters. The van der Waals surface area contributed by atoms with Crippen LogP contribution in [-0.4, -0.2) is 0 Å². The van der Waals surface area contributed by atoms with Crippen molar-refractivity contribution < 1.29 is 5.79 Å². The second kappa shape index (κ2) is 1.62. The van der Waals surface area contributed by atoms with Crippen LogP contribution in [0.5, 0.6) is 0 Å². The molecule has 9 heavy (non-hydrogen) atoms. The van der Waals surface area contributed by atoms with Crippen molar-refractivity contribution in [1.82, 2.24) is 0 Å². The molecule has 0 N–H and O–H groups in total. The maximum atomic E-state index is 7.27. The van der Waals surface area contributed by atoms with Crippen LogP contribution in [0.25, 0.3) is 11.0 Å². The van der Waals surface area contributed by atoms with E-state index >= 15 is 0 Å². The molecule has 2 rings (SSSR count). The zero-order valence-corrected chi connectivity index (χ0v) is 4.79. The van der Waals surface area contributed by atoms with Crippen LogP contribution in [-0.2, 0) is 0 Å². The summed E-state index contributed by atoms with van der Waals surface area (Å²) in [5, 5.41) is 0.993. The first kappa shape index (κ1) is 3.72. The molecule has 1 nitrogen and oxygen atoms in total. The summed E-state index contributed by atoms with van der Waals surface area (Å²) < 4.78 is 12.4. The molecule has 44 valence electrons. The van der Waals surface area contributed by atoms with Gasteiger partial charge in [-0.2, -0.15) is 0 Å². The Morgan fingerprint density at radius 1 is 1.33 bits per heavy atom. The Morgan fingerprint density at radius 2 is 2.33 bits per heavy atom. The molecule has 1 aromatic heterocycles. The molecule has 0 radical (unpaired) electrons. The monoisotopic (exact) mass is 120 g/mol. The quantitative estimate of drug-likeness (QED) is 0.520. The first-order valence-corrected chi connectivity index (χ1v) is 2.80. The molecule has 0 aliphatic heterocycles. The van der Waals surface area contributed by atoms with E-state index in [1.54, 1.807) is 24.5 Å². The third-order valence-corrected chi connectivity index (χ3v) is 1.30. The SMILES string of the molecule is [3H]c1ccc2occc2c1. The number of hydrogen-bond acceptors (Lipinski definition) is 1. The van der Waals surface area contributed by atoms with Crippen LogP contribution >= 0.6 is 0 Å². The number of fused-ring (bicyclic) bond motifs is 1. The third-order valence-electron chi connectivity index (χ3n) is 1.30. The fourth-order valence-electron chi connectivity index (χ4n) is 0.847. The van der Waals surface area contributed by atoms with E-state index in [4.69, 9.17) is 5.79 Å².